The number of rotatable bonds is 3. The monoisotopic (exact) mass is 309 g/mol. The lowest BCUT2D eigenvalue weighted by Crippen LogP contribution is -2.15. The summed E-state index contributed by atoms with van der Waals surface area (Å²) in [4.78, 5) is -0.701. The highest BCUT2D eigenvalue weighted by Crippen LogP contribution is 2.24. The zero-order valence-electron chi connectivity index (χ0n) is 10.5. The van der Waals surface area contributed by atoms with E-state index in [0.29, 0.717) is 6.07 Å². The van der Waals surface area contributed by atoms with Crippen molar-refractivity contribution in [2.75, 3.05) is 10.5 Å². The van der Waals surface area contributed by atoms with Crippen molar-refractivity contribution in [1.82, 2.24) is 0 Å². The van der Waals surface area contributed by atoms with Gasteiger partial charge in [0, 0.05) is 6.07 Å². The molecule has 3 N–H and O–H groups in total. The first-order valence-electron chi connectivity index (χ1n) is 5.61. The van der Waals surface area contributed by atoms with Crippen LogP contribution in [0.4, 0.5) is 20.2 Å². The molecule has 8 heteroatoms. The summed E-state index contributed by atoms with van der Waals surface area (Å²) in [6, 6.07) is 7.88. The molecular formula is C13H9F2N3O2S. The summed E-state index contributed by atoms with van der Waals surface area (Å²) in [5, 5.41) is 8.70. The van der Waals surface area contributed by atoms with Crippen LogP contribution in [0.25, 0.3) is 0 Å². The Morgan fingerprint density at radius 2 is 1.86 bits per heavy atom. The molecule has 2 aromatic carbocycles. The zero-order valence-corrected chi connectivity index (χ0v) is 11.3. The first-order chi connectivity index (χ1) is 9.83. The highest BCUT2D eigenvalue weighted by Gasteiger charge is 2.20. The predicted octanol–water partition coefficient (Wildman–Crippen LogP) is 2.22. The van der Waals surface area contributed by atoms with E-state index >= 15 is 0 Å². The average Bonchev–Trinajstić information content (AvgIpc) is 2.40. The van der Waals surface area contributed by atoms with Crippen molar-refractivity contribution in [3.8, 4) is 6.07 Å². The third-order valence-corrected chi connectivity index (χ3v) is 4.01. The maximum Gasteiger partial charge on any atom is 0.264 e. The Balaban J connectivity index is 2.40. The standard InChI is InChI=1S/C13H9F2N3O2S/c14-9-2-4-13(10(15)6-9)21(19,20)18-12-3-1-8(7-16)5-11(12)17/h1-6,18H,17H2. The zero-order chi connectivity index (χ0) is 15.6. The molecule has 0 radical (unpaired) electrons. The molecule has 0 aliphatic carbocycles. The topological polar surface area (TPSA) is 96.0 Å². The molecule has 2 aromatic rings. The van der Waals surface area contributed by atoms with Crippen molar-refractivity contribution < 1.29 is 17.2 Å². The van der Waals surface area contributed by atoms with E-state index in [9.17, 15) is 17.2 Å². The van der Waals surface area contributed by atoms with Crippen LogP contribution in [0.15, 0.2) is 41.3 Å². The minimum absolute atomic E-state index is 0.00211. The number of benzene rings is 2. The molecule has 0 saturated heterocycles. The second-order valence-corrected chi connectivity index (χ2v) is 5.74. The fourth-order valence-electron chi connectivity index (χ4n) is 1.62. The molecule has 0 spiro atoms. The molecule has 21 heavy (non-hydrogen) atoms. The third-order valence-electron chi connectivity index (χ3n) is 2.61. The highest BCUT2D eigenvalue weighted by atomic mass is 32.2. The van der Waals surface area contributed by atoms with Crippen molar-refractivity contribution in [1.29, 1.82) is 5.26 Å². The van der Waals surface area contributed by atoms with E-state index in [1.807, 2.05) is 6.07 Å². The van der Waals surface area contributed by atoms with Crippen molar-refractivity contribution >= 4 is 21.4 Å². The lowest BCUT2D eigenvalue weighted by Gasteiger charge is -2.11. The summed E-state index contributed by atoms with van der Waals surface area (Å²) in [7, 11) is -4.26. The summed E-state index contributed by atoms with van der Waals surface area (Å²) < 4.78 is 52.5. The second kappa shape index (κ2) is 5.38. The molecule has 0 amide bonds. The van der Waals surface area contributed by atoms with Gasteiger partial charge in [0.15, 0.2) is 0 Å². The normalized spacial score (nSPS) is 10.9. The molecule has 2 rings (SSSR count). The minimum atomic E-state index is -4.26. The molecule has 0 unspecified atom stereocenters. The van der Waals surface area contributed by atoms with E-state index in [4.69, 9.17) is 11.0 Å². The molecule has 0 aliphatic heterocycles. The molecule has 5 nitrogen and oxygen atoms in total. The molecule has 0 fully saturated rings. The van der Waals surface area contributed by atoms with Gasteiger partial charge in [0.05, 0.1) is 23.0 Å². The van der Waals surface area contributed by atoms with Crippen LogP contribution >= 0.6 is 0 Å². The Morgan fingerprint density at radius 3 is 2.43 bits per heavy atom. The van der Waals surface area contributed by atoms with Crippen LogP contribution in [0.5, 0.6) is 0 Å². The Bertz CT molecular complexity index is 845. The average molecular weight is 309 g/mol. The van der Waals surface area contributed by atoms with Gasteiger partial charge in [-0.15, -0.1) is 0 Å². The maximum absolute atomic E-state index is 13.5. The summed E-state index contributed by atoms with van der Waals surface area (Å²) in [5.41, 5.74) is 5.88. The lowest BCUT2D eigenvalue weighted by molar-refractivity contribution is 0.551. The maximum atomic E-state index is 13.5. The number of nitrogens with two attached hydrogens (primary N) is 1. The number of hydrogen-bond donors (Lipinski definition) is 2. The van der Waals surface area contributed by atoms with Crippen LogP contribution in [0.3, 0.4) is 0 Å². The number of nitrogens with zero attached hydrogens (tertiary/aromatic N) is 1. The Morgan fingerprint density at radius 1 is 1.14 bits per heavy atom. The molecule has 0 aliphatic rings. The highest BCUT2D eigenvalue weighted by molar-refractivity contribution is 7.92. The van der Waals surface area contributed by atoms with Gasteiger partial charge >= 0.3 is 0 Å². The van der Waals surface area contributed by atoms with Gasteiger partial charge in [0.25, 0.3) is 10.0 Å². The van der Waals surface area contributed by atoms with E-state index in [1.54, 1.807) is 0 Å². The SMILES string of the molecule is N#Cc1ccc(NS(=O)(=O)c2ccc(F)cc2F)c(N)c1. The minimum Gasteiger partial charge on any atom is -0.397 e. The smallest absolute Gasteiger partial charge is 0.264 e. The van der Waals surface area contributed by atoms with Gasteiger partial charge in [-0.1, -0.05) is 0 Å². The van der Waals surface area contributed by atoms with Crippen LogP contribution < -0.4 is 10.5 Å². The molecule has 0 aromatic heterocycles. The summed E-state index contributed by atoms with van der Waals surface area (Å²) in [6.07, 6.45) is 0. The number of hydrogen-bond acceptors (Lipinski definition) is 4. The largest absolute Gasteiger partial charge is 0.397 e. The van der Waals surface area contributed by atoms with Crippen LogP contribution in [-0.2, 0) is 10.0 Å². The van der Waals surface area contributed by atoms with Crippen LogP contribution in [0.1, 0.15) is 5.56 Å². The fraction of sp³-hybridized carbons (Fsp3) is 0. The van der Waals surface area contributed by atoms with Crippen LogP contribution in [-0.4, -0.2) is 8.42 Å². The summed E-state index contributed by atoms with van der Waals surface area (Å²) in [5.74, 6) is -2.10. The molecule has 108 valence electrons. The van der Waals surface area contributed by atoms with Gasteiger partial charge in [-0.05, 0) is 30.3 Å². The van der Waals surface area contributed by atoms with Gasteiger partial charge in [-0.3, -0.25) is 4.72 Å². The van der Waals surface area contributed by atoms with Crippen molar-refractivity contribution in [2.45, 2.75) is 4.90 Å². The first kappa shape index (κ1) is 14.7. The fourth-order valence-corrected chi connectivity index (χ4v) is 2.77. The van der Waals surface area contributed by atoms with E-state index in [-0.39, 0.29) is 16.9 Å². The number of nitrogen functional groups attached to an aromatic ring is 1. The third kappa shape index (κ3) is 3.09. The van der Waals surface area contributed by atoms with Crippen LogP contribution in [0.2, 0.25) is 0 Å². The molecular weight excluding hydrogens is 300 g/mol. The Labute approximate surface area is 119 Å². The quantitative estimate of drug-likeness (QED) is 0.850. The van der Waals surface area contributed by atoms with E-state index in [1.165, 1.54) is 18.2 Å². The van der Waals surface area contributed by atoms with Crippen molar-refractivity contribution in [2.24, 2.45) is 0 Å². The van der Waals surface area contributed by atoms with Crippen LogP contribution in [0, 0.1) is 23.0 Å². The predicted molar refractivity (Wildman–Crippen MR) is 72.7 cm³/mol. The lowest BCUT2D eigenvalue weighted by atomic mass is 10.2. The second-order valence-electron chi connectivity index (χ2n) is 4.09. The number of halogens is 2. The van der Waals surface area contributed by atoms with E-state index in [2.05, 4.69) is 4.72 Å². The number of sulfonamides is 1. The summed E-state index contributed by atoms with van der Waals surface area (Å²) >= 11 is 0. The van der Waals surface area contributed by atoms with Gasteiger partial charge in [0.2, 0.25) is 0 Å². The van der Waals surface area contributed by atoms with Gasteiger partial charge in [0.1, 0.15) is 16.5 Å². The molecule has 0 atom stereocenters. The Kier molecular flexibility index (Phi) is 3.78. The van der Waals surface area contributed by atoms with Gasteiger partial charge < -0.3 is 5.73 Å². The number of anilines is 2. The van der Waals surface area contributed by atoms with Gasteiger partial charge in [-0.2, -0.15) is 5.26 Å². The van der Waals surface area contributed by atoms with Crippen molar-refractivity contribution in [3.05, 3.63) is 53.6 Å². The van der Waals surface area contributed by atoms with E-state index < -0.39 is 26.6 Å². The molecule has 0 saturated carbocycles. The first-order valence-corrected chi connectivity index (χ1v) is 7.09. The number of nitriles is 1. The molecule has 0 heterocycles. The summed E-state index contributed by atoms with van der Waals surface area (Å²) in [6.45, 7) is 0. The number of nitrogens with one attached hydrogen (secondary N) is 1. The van der Waals surface area contributed by atoms with Crippen molar-refractivity contribution in [3.63, 3.8) is 0 Å². The van der Waals surface area contributed by atoms with E-state index in [0.717, 1.165) is 12.1 Å². The Hall–Kier alpha value is -2.66. The van der Waals surface area contributed by atoms with Gasteiger partial charge in [-0.25, -0.2) is 17.2 Å². The molecule has 0 bridgehead atoms.